The molecule has 2 aromatic heterocycles. The summed E-state index contributed by atoms with van der Waals surface area (Å²) in [5.41, 5.74) is 1.42. The molecule has 1 amide bonds. The van der Waals surface area contributed by atoms with Crippen LogP contribution in [0.2, 0.25) is 0 Å². The number of hydrogen-bond acceptors (Lipinski definition) is 7. The van der Waals surface area contributed by atoms with Crippen molar-refractivity contribution in [1.82, 2.24) is 19.8 Å². The molecule has 0 saturated carbocycles. The van der Waals surface area contributed by atoms with Gasteiger partial charge in [-0.3, -0.25) is 4.79 Å². The van der Waals surface area contributed by atoms with Crippen molar-refractivity contribution in [2.75, 3.05) is 19.6 Å². The largest absolute Gasteiger partial charge is 0.356 e. The maximum Gasteiger partial charge on any atom is 0.244 e. The molecular formula is C22H30N4O4S2. The standard InChI is InChI=1S/C22H30N4O4S2/c1-15-20(13-19(31-15)21-24-16(2)30-25-21)32(28,29)26-12-6-9-18(14-26)22(27)23-11-10-17-7-4-3-5-8-17/h7,13,18H,3-6,8-12,14H2,1-2H3,(H,23,27)/t18-/m1/s1. The van der Waals surface area contributed by atoms with Crippen molar-refractivity contribution < 1.29 is 17.7 Å². The van der Waals surface area contributed by atoms with Crippen LogP contribution in [-0.4, -0.2) is 48.4 Å². The van der Waals surface area contributed by atoms with Crippen LogP contribution in [0.5, 0.6) is 0 Å². The molecule has 1 aliphatic heterocycles. The summed E-state index contributed by atoms with van der Waals surface area (Å²) in [5, 5.41) is 6.92. The topological polar surface area (TPSA) is 105 Å². The van der Waals surface area contributed by atoms with Crippen LogP contribution in [0.25, 0.3) is 10.7 Å². The first-order chi connectivity index (χ1) is 15.3. The second-order valence-corrected chi connectivity index (χ2v) is 11.7. The number of aryl methyl sites for hydroxylation is 2. The maximum absolute atomic E-state index is 13.4. The monoisotopic (exact) mass is 478 g/mol. The summed E-state index contributed by atoms with van der Waals surface area (Å²) in [5.74, 6) is 0.449. The van der Waals surface area contributed by atoms with Gasteiger partial charge in [-0.2, -0.15) is 9.29 Å². The molecule has 0 unspecified atom stereocenters. The Labute approximate surface area is 193 Å². The van der Waals surface area contributed by atoms with E-state index in [4.69, 9.17) is 4.52 Å². The predicted octanol–water partition coefficient (Wildman–Crippen LogP) is 3.82. The van der Waals surface area contributed by atoms with Crippen LogP contribution in [0.3, 0.4) is 0 Å². The van der Waals surface area contributed by atoms with Crippen molar-refractivity contribution in [3.05, 3.63) is 28.5 Å². The Bertz CT molecular complexity index is 1100. The van der Waals surface area contributed by atoms with Gasteiger partial charge < -0.3 is 9.84 Å². The summed E-state index contributed by atoms with van der Waals surface area (Å²) in [6.07, 6.45) is 9.28. The van der Waals surface area contributed by atoms with E-state index in [2.05, 4.69) is 21.5 Å². The lowest BCUT2D eigenvalue weighted by Crippen LogP contribution is -2.45. The molecular weight excluding hydrogens is 448 g/mol. The predicted molar refractivity (Wildman–Crippen MR) is 123 cm³/mol. The molecule has 2 aromatic rings. The minimum absolute atomic E-state index is 0.0497. The highest BCUT2D eigenvalue weighted by molar-refractivity contribution is 7.89. The third-order valence-corrected chi connectivity index (χ3v) is 9.29. The Morgan fingerprint density at radius 1 is 1.31 bits per heavy atom. The number of sulfonamides is 1. The zero-order valence-electron chi connectivity index (χ0n) is 18.6. The normalized spacial score (nSPS) is 20.2. The number of nitrogens with one attached hydrogen (secondary N) is 1. The Balaban J connectivity index is 1.40. The number of amides is 1. The summed E-state index contributed by atoms with van der Waals surface area (Å²) in [4.78, 5) is 18.5. The molecule has 10 heteroatoms. The lowest BCUT2D eigenvalue weighted by Gasteiger charge is -2.31. The fourth-order valence-electron chi connectivity index (χ4n) is 4.37. The van der Waals surface area contributed by atoms with Crippen LogP contribution < -0.4 is 5.32 Å². The van der Waals surface area contributed by atoms with E-state index in [0.717, 1.165) is 19.3 Å². The van der Waals surface area contributed by atoms with Crippen LogP contribution >= 0.6 is 11.3 Å². The second kappa shape index (κ2) is 9.84. The molecule has 0 spiro atoms. The van der Waals surface area contributed by atoms with Gasteiger partial charge in [-0.15, -0.1) is 11.3 Å². The minimum atomic E-state index is -3.71. The molecule has 1 fully saturated rings. The number of rotatable bonds is 7. The van der Waals surface area contributed by atoms with E-state index in [9.17, 15) is 13.2 Å². The molecule has 3 heterocycles. The highest BCUT2D eigenvalue weighted by atomic mass is 32.2. The highest BCUT2D eigenvalue weighted by Gasteiger charge is 2.35. The van der Waals surface area contributed by atoms with Gasteiger partial charge in [0.25, 0.3) is 0 Å². The summed E-state index contributed by atoms with van der Waals surface area (Å²) in [6, 6.07) is 1.61. The Morgan fingerprint density at radius 2 is 2.16 bits per heavy atom. The maximum atomic E-state index is 13.4. The zero-order valence-corrected chi connectivity index (χ0v) is 20.2. The van der Waals surface area contributed by atoms with Crippen molar-refractivity contribution in [3.8, 4) is 10.7 Å². The average Bonchev–Trinajstić information content (AvgIpc) is 3.40. The van der Waals surface area contributed by atoms with Gasteiger partial charge in [-0.05, 0) is 57.9 Å². The number of nitrogens with zero attached hydrogens (tertiary/aromatic N) is 3. The molecule has 0 bridgehead atoms. The molecule has 2 aliphatic rings. The molecule has 4 rings (SSSR count). The van der Waals surface area contributed by atoms with E-state index < -0.39 is 10.0 Å². The SMILES string of the molecule is Cc1nc(-c2cc(S(=O)(=O)N3CCC[C@@H](C(=O)NCCC4=CCCCC4)C3)c(C)s2)no1. The van der Waals surface area contributed by atoms with Gasteiger partial charge in [0.2, 0.25) is 27.6 Å². The summed E-state index contributed by atoms with van der Waals surface area (Å²) < 4.78 is 33.2. The van der Waals surface area contributed by atoms with E-state index in [1.54, 1.807) is 19.9 Å². The average molecular weight is 479 g/mol. The quantitative estimate of drug-likeness (QED) is 0.607. The van der Waals surface area contributed by atoms with Gasteiger partial charge in [0.05, 0.1) is 15.7 Å². The van der Waals surface area contributed by atoms with Gasteiger partial charge in [-0.1, -0.05) is 16.8 Å². The smallest absolute Gasteiger partial charge is 0.244 e. The molecule has 0 radical (unpaired) electrons. The molecule has 32 heavy (non-hydrogen) atoms. The van der Waals surface area contributed by atoms with E-state index in [1.807, 2.05) is 0 Å². The van der Waals surface area contributed by atoms with Crippen molar-refractivity contribution in [2.45, 2.75) is 63.7 Å². The van der Waals surface area contributed by atoms with Gasteiger partial charge >= 0.3 is 0 Å². The fraction of sp³-hybridized carbons (Fsp3) is 0.591. The number of carbonyl (C=O) groups is 1. The fourth-order valence-corrected chi connectivity index (χ4v) is 7.38. The van der Waals surface area contributed by atoms with Crippen LogP contribution in [0.4, 0.5) is 0 Å². The zero-order chi connectivity index (χ0) is 22.7. The Kier molecular flexibility index (Phi) is 7.11. The lowest BCUT2D eigenvalue weighted by molar-refractivity contribution is -0.126. The van der Waals surface area contributed by atoms with E-state index >= 15 is 0 Å². The molecule has 1 atom stereocenters. The molecule has 1 N–H and O–H groups in total. The number of allylic oxidation sites excluding steroid dienone is 1. The van der Waals surface area contributed by atoms with Crippen molar-refractivity contribution in [2.24, 2.45) is 5.92 Å². The first kappa shape index (κ1) is 23.1. The van der Waals surface area contributed by atoms with Crippen molar-refractivity contribution >= 4 is 27.3 Å². The third kappa shape index (κ3) is 5.13. The Morgan fingerprint density at radius 3 is 2.88 bits per heavy atom. The first-order valence-electron chi connectivity index (χ1n) is 11.2. The minimum Gasteiger partial charge on any atom is -0.356 e. The van der Waals surface area contributed by atoms with Gasteiger partial charge in [0, 0.05) is 31.4 Å². The number of thiophene rings is 1. The third-order valence-electron chi connectivity index (χ3n) is 6.12. The Hall–Kier alpha value is -2.04. The molecule has 8 nitrogen and oxygen atoms in total. The number of hydrogen-bond donors (Lipinski definition) is 1. The van der Waals surface area contributed by atoms with Gasteiger partial charge in [-0.25, -0.2) is 8.42 Å². The van der Waals surface area contributed by atoms with Crippen LogP contribution in [0, 0.1) is 19.8 Å². The molecule has 1 saturated heterocycles. The van der Waals surface area contributed by atoms with Crippen LogP contribution in [-0.2, 0) is 14.8 Å². The number of carbonyl (C=O) groups excluding carboxylic acids is 1. The number of aromatic nitrogens is 2. The summed E-state index contributed by atoms with van der Waals surface area (Å²) in [7, 11) is -3.71. The van der Waals surface area contributed by atoms with Crippen molar-refractivity contribution in [1.29, 1.82) is 0 Å². The summed E-state index contributed by atoms with van der Waals surface area (Å²) in [6.45, 7) is 4.72. The lowest BCUT2D eigenvalue weighted by atomic mass is 9.96. The second-order valence-electron chi connectivity index (χ2n) is 8.52. The van der Waals surface area contributed by atoms with Gasteiger partial charge in [0.15, 0.2) is 0 Å². The van der Waals surface area contributed by atoms with Crippen LogP contribution in [0.1, 0.15) is 55.7 Å². The van der Waals surface area contributed by atoms with Gasteiger partial charge in [0.1, 0.15) is 0 Å². The van der Waals surface area contributed by atoms with Crippen LogP contribution in [0.15, 0.2) is 27.1 Å². The highest BCUT2D eigenvalue weighted by Crippen LogP contribution is 2.35. The molecule has 0 aromatic carbocycles. The molecule has 1 aliphatic carbocycles. The van der Waals surface area contributed by atoms with Crippen molar-refractivity contribution in [3.63, 3.8) is 0 Å². The first-order valence-corrected chi connectivity index (χ1v) is 13.5. The summed E-state index contributed by atoms with van der Waals surface area (Å²) >= 11 is 1.33. The van der Waals surface area contributed by atoms with E-state index in [0.29, 0.717) is 47.4 Å². The van der Waals surface area contributed by atoms with E-state index in [1.165, 1.54) is 34.1 Å². The molecule has 174 valence electrons. The number of piperidine rings is 1. The van der Waals surface area contributed by atoms with E-state index in [-0.39, 0.29) is 23.3 Å².